The Hall–Kier alpha value is -1.50. The van der Waals surface area contributed by atoms with Crippen LogP contribution >= 0.6 is 34.7 Å². The molecule has 2 heterocycles. The molecule has 4 nitrogen and oxygen atoms in total. The van der Waals surface area contributed by atoms with Crippen molar-refractivity contribution in [3.05, 3.63) is 57.2 Å². The van der Waals surface area contributed by atoms with Gasteiger partial charge in [0.05, 0.1) is 19.0 Å². The summed E-state index contributed by atoms with van der Waals surface area (Å²) in [6.07, 6.45) is 0.108. The second-order valence-electron chi connectivity index (χ2n) is 5.43. The first-order chi connectivity index (χ1) is 11.6. The SMILES string of the molecule is O=C(O)CCN(Cc1cccs1)C1=NC(c2ccc(Cl)cc2)CS1. The largest absolute Gasteiger partial charge is 0.481 e. The monoisotopic (exact) mass is 380 g/mol. The fourth-order valence-corrected chi connectivity index (χ4v) is 4.41. The van der Waals surface area contributed by atoms with E-state index >= 15 is 0 Å². The van der Waals surface area contributed by atoms with Crippen molar-refractivity contribution in [3.63, 3.8) is 0 Å². The number of thiophene rings is 1. The number of benzene rings is 1. The standard InChI is InChI=1S/C17H17ClN2O2S2/c18-13-5-3-12(4-6-13)15-11-24-17(19-15)20(8-7-16(21)22)10-14-2-1-9-23-14/h1-6,9,15H,7-8,10-11H2,(H,21,22). The molecule has 0 saturated carbocycles. The van der Waals surface area contributed by atoms with Gasteiger partial charge in [-0.05, 0) is 29.1 Å². The second kappa shape index (κ2) is 8.05. The molecule has 1 aliphatic heterocycles. The number of carbonyl (C=O) groups is 1. The number of carboxylic acid groups (broad SMARTS) is 1. The summed E-state index contributed by atoms with van der Waals surface area (Å²) in [5.74, 6) is 0.0781. The minimum absolute atomic E-state index is 0.0953. The zero-order valence-corrected chi connectivity index (χ0v) is 15.3. The molecule has 1 aromatic heterocycles. The molecule has 126 valence electrons. The van der Waals surface area contributed by atoms with E-state index in [0.29, 0.717) is 13.1 Å². The molecule has 0 saturated heterocycles. The number of amidine groups is 1. The average Bonchev–Trinajstić information content (AvgIpc) is 3.23. The van der Waals surface area contributed by atoms with Crippen LogP contribution in [0.1, 0.15) is 22.9 Å². The molecule has 0 bridgehead atoms. The van der Waals surface area contributed by atoms with Gasteiger partial charge in [-0.1, -0.05) is 41.6 Å². The first kappa shape index (κ1) is 17.3. The van der Waals surface area contributed by atoms with Crippen molar-refractivity contribution < 1.29 is 9.90 Å². The third-order valence-electron chi connectivity index (χ3n) is 3.68. The van der Waals surface area contributed by atoms with Crippen LogP contribution in [0.15, 0.2) is 46.8 Å². The molecule has 0 amide bonds. The molecule has 1 aromatic carbocycles. The van der Waals surface area contributed by atoms with Crippen LogP contribution in [0.4, 0.5) is 0 Å². The number of aliphatic imine (C=N–C) groups is 1. The van der Waals surface area contributed by atoms with Crippen molar-refractivity contribution in [2.45, 2.75) is 19.0 Å². The Kier molecular flexibility index (Phi) is 5.81. The van der Waals surface area contributed by atoms with E-state index in [1.54, 1.807) is 23.1 Å². The van der Waals surface area contributed by atoms with Gasteiger partial charge >= 0.3 is 5.97 Å². The fraction of sp³-hybridized carbons (Fsp3) is 0.294. The van der Waals surface area contributed by atoms with Gasteiger partial charge in [0.2, 0.25) is 0 Å². The van der Waals surface area contributed by atoms with Gasteiger partial charge in [-0.3, -0.25) is 9.79 Å². The van der Waals surface area contributed by atoms with Gasteiger partial charge in [-0.15, -0.1) is 11.3 Å². The minimum Gasteiger partial charge on any atom is -0.481 e. The van der Waals surface area contributed by atoms with Crippen LogP contribution < -0.4 is 0 Å². The fourth-order valence-electron chi connectivity index (χ4n) is 2.45. The van der Waals surface area contributed by atoms with E-state index < -0.39 is 5.97 Å². The summed E-state index contributed by atoms with van der Waals surface area (Å²) in [7, 11) is 0. The predicted octanol–water partition coefficient (Wildman–Crippen LogP) is 4.52. The van der Waals surface area contributed by atoms with Crippen LogP contribution in [-0.4, -0.2) is 33.4 Å². The maximum absolute atomic E-state index is 11.0. The lowest BCUT2D eigenvalue weighted by atomic mass is 10.1. The number of thioether (sulfide) groups is 1. The van der Waals surface area contributed by atoms with Crippen molar-refractivity contribution in [2.75, 3.05) is 12.3 Å². The van der Waals surface area contributed by atoms with E-state index in [-0.39, 0.29) is 12.5 Å². The highest BCUT2D eigenvalue weighted by molar-refractivity contribution is 8.14. The Morgan fingerprint density at radius 1 is 1.33 bits per heavy atom. The normalized spacial score (nSPS) is 16.9. The van der Waals surface area contributed by atoms with E-state index in [1.807, 2.05) is 35.7 Å². The first-order valence-corrected chi connectivity index (χ1v) is 9.81. The van der Waals surface area contributed by atoms with Gasteiger partial charge in [0, 0.05) is 22.2 Å². The summed E-state index contributed by atoms with van der Waals surface area (Å²) in [4.78, 5) is 19.1. The number of carboxylic acids is 1. The van der Waals surface area contributed by atoms with Crippen molar-refractivity contribution in [2.24, 2.45) is 4.99 Å². The maximum atomic E-state index is 11.0. The summed E-state index contributed by atoms with van der Waals surface area (Å²) >= 11 is 9.30. The molecule has 3 rings (SSSR count). The molecule has 1 N–H and O–H groups in total. The van der Waals surface area contributed by atoms with Crippen molar-refractivity contribution in [1.82, 2.24) is 4.90 Å². The molecular weight excluding hydrogens is 364 g/mol. The van der Waals surface area contributed by atoms with E-state index in [2.05, 4.69) is 11.0 Å². The van der Waals surface area contributed by atoms with Crippen LogP contribution in [0, 0.1) is 0 Å². The number of aliphatic carboxylic acids is 1. The van der Waals surface area contributed by atoms with Crippen molar-refractivity contribution >= 4 is 45.8 Å². The van der Waals surface area contributed by atoms with Crippen LogP contribution in [0.5, 0.6) is 0 Å². The minimum atomic E-state index is -0.788. The van der Waals surface area contributed by atoms with Gasteiger partial charge in [0.1, 0.15) is 0 Å². The maximum Gasteiger partial charge on any atom is 0.305 e. The van der Waals surface area contributed by atoms with Crippen molar-refractivity contribution in [3.8, 4) is 0 Å². The number of hydrogen-bond acceptors (Lipinski definition) is 5. The molecule has 0 radical (unpaired) electrons. The topological polar surface area (TPSA) is 52.9 Å². The lowest BCUT2D eigenvalue weighted by molar-refractivity contribution is -0.137. The summed E-state index contributed by atoms with van der Waals surface area (Å²) in [5, 5.41) is 12.7. The molecule has 2 aromatic rings. The Labute approximate surface area is 154 Å². The van der Waals surface area contributed by atoms with Crippen LogP contribution in [0.3, 0.4) is 0 Å². The molecule has 0 aliphatic carbocycles. The average molecular weight is 381 g/mol. The van der Waals surface area contributed by atoms with Gasteiger partial charge in [0.15, 0.2) is 5.17 Å². The number of rotatable bonds is 6. The number of nitrogens with zero attached hydrogens (tertiary/aromatic N) is 2. The first-order valence-electron chi connectivity index (χ1n) is 7.57. The number of hydrogen-bond donors (Lipinski definition) is 1. The van der Waals surface area contributed by atoms with E-state index in [0.717, 1.165) is 21.5 Å². The summed E-state index contributed by atoms with van der Waals surface area (Å²) in [5.41, 5.74) is 1.14. The highest BCUT2D eigenvalue weighted by Gasteiger charge is 2.24. The van der Waals surface area contributed by atoms with Gasteiger partial charge < -0.3 is 10.0 Å². The summed E-state index contributed by atoms with van der Waals surface area (Å²) < 4.78 is 0. The van der Waals surface area contributed by atoms with Gasteiger partial charge in [-0.25, -0.2) is 0 Å². The van der Waals surface area contributed by atoms with Gasteiger partial charge in [-0.2, -0.15) is 0 Å². The number of halogens is 1. The molecule has 7 heteroatoms. The molecule has 0 fully saturated rings. The van der Waals surface area contributed by atoms with E-state index in [4.69, 9.17) is 21.7 Å². The van der Waals surface area contributed by atoms with Crippen LogP contribution in [-0.2, 0) is 11.3 Å². The smallest absolute Gasteiger partial charge is 0.305 e. The highest BCUT2D eigenvalue weighted by atomic mass is 35.5. The molecule has 24 heavy (non-hydrogen) atoms. The third-order valence-corrected chi connectivity index (χ3v) is 5.90. The van der Waals surface area contributed by atoms with Gasteiger partial charge in [0.25, 0.3) is 0 Å². The van der Waals surface area contributed by atoms with E-state index in [1.165, 1.54) is 4.88 Å². The zero-order chi connectivity index (χ0) is 16.9. The van der Waals surface area contributed by atoms with Crippen molar-refractivity contribution in [1.29, 1.82) is 0 Å². The lowest BCUT2D eigenvalue weighted by Gasteiger charge is -2.22. The summed E-state index contributed by atoms with van der Waals surface area (Å²) in [6.45, 7) is 1.16. The molecular formula is C17H17ClN2O2S2. The van der Waals surface area contributed by atoms with Crippen LogP contribution in [0.25, 0.3) is 0 Å². The third kappa shape index (κ3) is 4.53. The van der Waals surface area contributed by atoms with Crippen LogP contribution in [0.2, 0.25) is 5.02 Å². The molecule has 1 unspecified atom stereocenters. The highest BCUT2D eigenvalue weighted by Crippen LogP contribution is 2.33. The second-order valence-corrected chi connectivity index (χ2v) is 7.89. The molecule has 1 aliphatic rings. The predicted molar refractivity (Wildman–Crippen MR) is 101 cm³/mol. The Morgan fingerprint density at radius 2 is 2.12 bits per heavy atom. The Bertz CT molecular complexity index is 717. The summed E-state index contributed by atoms with van der Waals surface area (Å²) in [6, 6.07) is 11.9. The Balaban J connectivity index is 1.74. The zero-order valence-electron chi connectivity index (χ0n) is 12.9. The quantitative estimate of drug-likeness (QED) is 0.800. The molecule has 1 atom stereocenters. The molecule has 0 spiro atoms. The Morgan fingerprint density at radius 3 is 2.79 bits per heavy atom. The lowest BCUT2D eigenvalue weighted by Crippen LogP contribution is -2.29. The van der Waals surface area contributed by atoms with E-state index in [9.17, 15) is 4.79 Å².